The van der Waals surface area contributed by atoms with Crippen molar-refractivity contribution >= 4 is 0 Å². The molecular weight excluding hydrogens is 108 g/mol. The SMILES string of the molecule is NOCC1(N)COC1. The fourth-order valence-corrected chi connectivity index (χ4v) is 0.614. The first kappa shape index (κ1) is 5.97. The van der Waals surface area contributed by atoms with Crippen LogP contribution in [0.2, 0.25) is 0 Å². The van der Waals surface area contributed by atoms with Crippen LogP contribution < -0.4 is 11.6 Å². The molecule has 0 radical (unpaired) electrons. The molecule has 0 amide bonds. The van der Waals surface area contributed by atoms with Gasteiger partial charge in [0.1, 0.15) is 0 Å². The van der Waals surface area contributed by atoms with Crippen molar-refractivity contribution in [2.24, 2.45) is 11.6 Å². The molecule has 1 aliphatic rings. The number of rotatable bonds is 2. The second-order valence-corrected chi connectivity index (χ2v) is 2.17. The zero-order valence-electron chi connectivity index (χ0n) is 4.59. The molecule has 4 heteroatoms. The van der Waals surface area contributed by atoms with Gasteiger partial charge in [0.2, 0.25) is 0 Å². The lowest BCUT2D eigenvalue weighted by molar-refractivity contribution is -0.0921. The molecule has 1 saturated heterocycles. The molecule has 0 aliphatic carbocycles. The number of hydrogen-bond donors (Lipinski definition) is 2. The zero-order chi connectivity index (χ0) is 6.04. The largest absolute Gasteiger partial charge is 0.377 e. The Hall–Kier alpha value is -0.160. The standard InChI is InChI=1S/C4H10N2O2/c5-4(3-8-6)1-7-2-4/h1-3,5-6H2. The van der Waals surface area contributed by atoms with Crippen LogP contribution in [0.5, 0.6) is 0 Å². The van der Waals surface area contributed by atoms with Gasteiger partial charge in [0, 0.05) is 0 Å². The maximum absolute atomic E-state index is 5.58. The third kappa shape index (κ3) is 0.976. The quantitative estimate of drug-likeness (QED) is 0.438. The zero-order valence-corrected chi connectivity index (χ0v) is 4.59. The average Bonchev–Trinajstić information content (AvgIpc) is 1.64. The van der Waals surface area contributed by atoms with Crippen LogP contribution in [0, 0.1) is 0 Å². The molecule has 0 bridgehead atoms. The van der Waals surface area contributed by atoms with Gasteiger partial charge in [0.15, 0.2) is 0 Å². The summed E-state index contributed by atoms with van der Waals surface area (Å²) in [5.41, 5.74) is 5.29. The second kappa shape index (κ2) is 1.99. The van der Waals surface area contributed by atoms with Gasteiger partial charge in [-0.1, -0.05) is 0 Å². The van der Waals surface area contributed by atoms with Crippen LogP contribution in [0.1, 0.15) is 0 Å². The van der Waals surface area contributed by atoms with Gasteiger partial charge in [-0.15, -0.1) is 0 Å². The lowest BCUT2D eigenvalue weighted by Gasteiger charge is -2.36. The van der Waals surface area contributed by atoms with Gasteiger partial charge < -0.3 is 15.3 Å². The summed E-state index contributed by atoms with van der Waals surface area (Å²) in [5, 5.41) is 0. The normalized spacial score (nSPS) is 24.8. The van der Waals surface area contributed by atoms with Crippen LogP contribution in [0.25, 0.3) is 0 Å². The summed E-state index contributed by atoms with van der Waals surface area (Å²) in [5.74, 6) is 4.79. The van der Waals surface area contributed by atoms with Crippen LogP contribution in [0.15, 0.2) is 0 Å². The molecule has 4 N–H and O–H groups in total. The maximum Gasteiger partial charge on any atom is 0.0904 e. The van der Waals surface area contributed by atoms with Crippen molar-refractivity contribution < 1.29 is 9.57 Å². The van der Waals surface area contributed by atoms with Crippen LogP contribution in [0.4, 0.5) is 0 Å². The molecule has 0 spiro atoms. The molecule has 1 aliphatic heterocycles. The molecule has 0 aromatic heterocycles. The molecule has 0 unspecified atom stereocenters. The molecule has 0 saturated carbocycles. The van der Waals surface area contributed by atoms with Crippen molar-refractivity contribution in [1.82, 2.24) is 0 Å². The molecule has 48 valence electrons. The first-order valence-corrected chi connectivity index (χ1v) is 2.45. The summed E-state index contributed by atoms with van der Waals surface area (Å²) in [6, 6.07) is 0. The van der Waals surface area contributed by atoms with E-state index in [9.17, 15) is 0 Å². The van der Waals surface area contributed by atoms with Gasteiger partial charge in [-0.25, -0.2) is 5.90 Å². The smallest absolute Gasteiger partial charge is 0.0904 e. The van der Waals surface area contributed by atoms with E-state index in [1.54, 1.807) is 0 Å². The molecule has 8 heavy (non-hydrogen) atoms. The predicted octanol–water partition coefficient (Wildman–Crippen LogP) is -1.40. The van der Waals surface area contributed by atoms with Gasteiger partial charge in [0.05, 0.1) is 25.4 Å². The fourth-order valence-electron chi connectivity index (χ4n) is 0.614. The van der Waals surface area contributed by atoms with Crippen LogP contribution in [-0.2, 0) is 9.57 Å². The van der Waals surface area contributed by atoms with Crippen molar-refractivity contribution in [1.29, 1.82) is 0 Å². The highest BCUT2D eigenvalue weighted by Crippen LogP contribution is 2.11. The van der Waals surface area contributed by atoms with E-state index in [-0.39, 0.29) is 5.54 Å². The van der Waals surface area contributed by atoms with E-state index in [4.69, 9.17) is 16.4 Å². The minimum atomic E-state index is -0.297. The van der Waals surface area contributed by atoms with E-state index >= 15 is 0 Å². The highest BCUT2D eigenvalue weighted by Gasteiger charge is 2.34. The molecule has 4 nitrogen and oxygen atoms in total. The monoisotopic (exact) mass is 118 g/mol. The Kier molecular flexibility index (Phi) is 1.48. The second-order valence-electron chi connectivity index (χ2n) is 2.17. The van der Waals surface area contributed by atoms with Gasteiger partial charge in [0.25, 0.3) is 0 Å². The van der Waals surface area contributed by atoms with Crippen molar-refractivity contribution in [2.75, 3.05) is 19.8 Å². The topological polar surface area (TPSA) is 70.5 Å². The molecule has 0 aromatic rings. The average molecular weight is 118 g/mol. The van der Waals surface area contributed by atoms with Crippen molar-refractivity contribution in [3.63, 3.8) is 0 Å². The van der Waals surface area contributed by atoms with Crippen molar-refractivity contribution in [3.8, 4) is 0 Å². The Balaban J connectivity index is 2.20. The lowest BCUT2D eigenvalue weighted by atomic mass is 10.0. The van der Waals surface area contributed by atoms with E-state index in [1.807, 2.05) is 0 Å². The van der Waals surface area contributed by atoms with Crippen molar-refractivity contribution in [3.05, 3.63) is 0 Å². The maximum atomic E-state index is 5.58. The highest BCUT2D eigenvalue weighted by atomic mass is 16.6. The summed E-state index contributed by atoms with van der Waals surface area (Å²) in [6.07, 6.45) is 0. The molecule has 0 atom stereocenters. The molecule has 1 heterocycles. The molecule has 0 aromatic carbocycles. The summed E-state index contributed by atoms with van der Waals surface area (Å²) in [7, 11) is 0. The first-order valence-electron chi connectivity index (χ1n) is 2.45. The number of ether oxygens (including phenoxy) is 1. The first-order chi connectivity index (χ1) is 3.77. The van der Waals surface area contributed by atoms with E-state index in [2.05, 4.69) is 4.84 Å². The number of nitrogens with two attached hydrogens (primary N) is 2. The Labute approximate surface area is 47.7 Å². The Morgan fingerprint density at radius 3 is 2.38 bits per heavy atom. The predicted molar refractivity (Wildman–Crippen MR) is 27.9 cm³/mol. The lowest BCUT2D eigenvalue weighted by Crippen LogP contribution is -2.60. The molecular formula is C4H10N2O2. The van der Waals surface area contributed by atoms with Gasteiger partial charge in [-0.3, -0.25) is 0 Å². The van der Waals surface area contributed by atoms with Gasteiger partial charge >= 0.3 is 0 Å². The van der Waals surface area contributed by atoms with Gasteiger partial charge in [-0.05, 0) is 0 Å². The minimum absolute atomic E-state index is 0.297. The summed E-state index contributed by atoms with van der Waals surface area (Å²) in [4.78, 5) is 4.34. The Morgan fingerprint density at radius 1 is 1.62 bits per heavy atom. The van der Waals surface area contributed by atoms with Crippen molar-refractivity contribution in [2.45, 2.75) is 5.54 Å². The number of hydrogen-bond acceptors (Lipinski definition) is 4. The summed E-state index contributed by atoms with van der Waals surface area (Å²) >= 11 is 0. The Morgan fingerprint density at radius 2 is 2.25 bits per heavy atom. The third-order valence-corrected chi connectivity index (χ3v) is 1.15. The van der Waals surface area contributed by atoms with E-state index in [1.165, 1.54) is 0 Å². The summed E-state index contributed by atoms with van der Waals surface area (Å²) in [6.45, 7) is 1.50. The summed E-state index contributed by atoms with van der Waals surface area (Å²) < 4.78 is 4.83. The minimum Gasteiger partial charge on any atom is -0.377 e. The van der Waals surface area contributed by atoms with Crippen LogP contribution >= 0.6 is 0 Å². The van der Waals surface area contributed by atoms with Crippen LogP contribution in [0.3, 0.4) is 0 Å². The Bertz CT molecular complexity index is 82.1. The van der Waals surface area contributed by atoms with E-state index in [0.717, 1.165) is 0 Å². The third-order valence-electron chi connectivity index (χ3n) is 1.15. The molecule has 1 fully saturated rings. The van der Waals surface area contributed by atoms with Crippen LogP contribution in [-0.4, -0.2) is 25.4 Å². The van der Waals surface area contributed by atoms with E-state index in [0.29, 0.717) is 19.8 Å². The highest BCUT2D eigenvalue weighted by molar-refractivity contribution is 4.89. The van der Waals surface area contributed by atoms with Gasteiger partial charge in [-0.2, -0.15) is 0 Å². The molecule has 1 rings (SSSR count). The van der Waals surface area contributed by atoms with E-state index < -0.39 is 0 Å². The fraction of sp³-hybridized carbons (Fsp3) is 1.00.